The molecule has 3 rings (SSSR count). The lowest BCUT2D eigenvalue weighted by molar-refractivity contribution is -0.589. The molecule has 0 aliphatic carbocycles. The summed E-state index contributed by atoms with van der Waals surface area (Å²) in [6.45, 7) is 0. The van der Waals surface area contributed by atoms with Crippen LogP contribution < -0.4 is 4.76 Å². The van der Waals surface area contributed by atoms with E-state index in [0.717, 1.165) is 0 Å². The molecule has 1 aliphatic rings. The van der Waals surface area contributed by atoms with Crippen LogP contribution in [0.4, 0.5) is 5.82 Å². The van der Waals surface area contributed by atoms with Gasteiger partial charge in [0.05, 0.1) is 0 Å². The molecule has 100 valence electrons. The zero-order valence-corrected chi connectivity index (χ0v) is 11.8. The number of rotatable bonds is 2. The van der Waals surface area contributed by atoms with Gasteiger partial charge < -0.3 is 10.4 Å². The summed E-state index contributed by atoms with van der Waals surface area (Å²) < 4.78 is -0.931. The number of hydrogen-bond acceptors (Lipinski definition) is 4. The molecule has 0 fully saturated rings. The van der Waals surface area contributed by atoms with Crippen LogP contribution in [-0.4, -0.2) is 20.5 Å². The first-order chi connectivity index (χ1) is 9.63. The lowest BCUT2D eigenvalue weighted by Gasteiger charge is -2.27. The lowest BCUT2D eigenvalue weighted by atomic mass is 10.2. The van der Waals surface area contributed by atoms with E-state index in [0.29, 0.717) is 15.0 Å². The molecule has 3 heterocycles. The van der Waals surface area contributed by atoms with Crippen molar-refractivity contribution in [2.24, 2.45) is 0 Å². The highest BCUT2D eigenvalue weighted by molar-refractivity contribution is 9.12. The second-order valence-electron chi connectivity index (χ2n) is 4.12. The molecule has 2 aromatic heterocycles. The zero-order valence-electron chi connectivity index (χ0n) is 10.2. The molecule has 1 atom stereocenters. The van der Waals surface area contributed by atoms with Gasteiger partial charge in [-0.15, -0.1) is 0 Å². The Bertz CT molecular complexity index is 703. The van der Waals surface area contributed by atoms with Crippen molar-refractivity contribution >= 4 is 27.5 Å². The summed E-state index contributed by atoms with van der Waals surface area (Å²) in [6, 6.07) is 10.0. The molecule has 20 heavy (non-hydrogen) atoms. The van der Waals surface area contributed by atoms with Gasteiger partial charge in [-0.05, 0) is 38.9 Å². The predicted molar refractivity (Wildman–Crippen MR) is 78.4 cm³/mol. The van der Waals surface area contributed by atoms with Gasteiger partial charge in [0, 0.05) is 23.3 Å². The fourth-order valence-corrected chi connectivity index (χ4v) is 2.57. The van der Waals surface area contributed by atoms with Crippen LogP contribution in [0.3, 0.4) is 0 Å². The number of hydroxylamine groups is 1. The maximum Gasteiger partial charge on any atom is 0.320 e. The predicted octanol–water partition coefficient (Wildman–Crippen LogP) is 2.45. The molecule has 0 amide bonds. The number of quaternary nitrogens is 1. The van der Waals surface area contributed by atoms with Gasteiger partial charge in [-0.1, -0.05) is 12.1 Å². The normalized spacial score (nSPS) is 22.0. The quantitative estimate of drug-likeness (QED) is 0.481. The van der Waals surface area contributed by atoms with Crippen LogP contribution >= 0.6 is 15.9 Å². The highest BCUT2D eigenvalue weighted by Gasteiger charge is 2.42. The third-order valence-corrected chi connectivity index (χ3v) is 3.44. The van der Waals surface area contributed by atoms with Crippen LogP contribution in [0.5, 0.6) is 0 Å². The number of pyridine rings is 2. The molecule has 1 aliphatic heterocycles. The average Bonchev–Trinajstić information content (AvgIpc) is 2.72. The summed E-state index contributed by atoms with van der Waals surface area (Å²) >= 11 is 3.25. The van der Waals surface area contributed by atoms with Crippen LogP contribution in [0, 0.1) is 10.4 Å². The standard InChI is InChI=1S/C13H9BrN4O2/c14-10-9-18(20,12-6-2-4-8-16-12)17(19)13(10)11-5-1-3-7-15-11/h1-9H. The van der Waals surface area contributed by atoms with E-state index in [1.165, 1.54) is 18.5 Å². The summed E-state index contributed by atoms with van der Waals surface area (Å²) in [5, 5.41) is 25.2. The maximum atomic E-state index is 12.8. The largest absolute Gasteiger partial charge is 0.569 e. The van der Waals surface area contributed by atoms with E-state index < -0.39 is 4.76 Å². The molecular formula is C13H9BrN4O2. The smallest absolute Gasteiger partial charge is 0.320 e. The number of hydrogen-bond donors (Lipinski definition) is 0. The highest BCUT2D eigenvalue weighted by Crippen LogP contribution is 2.30. The Balaban J connectivity index is 2.16. The molecule has 2 aromatic rings. The van der Waals surface area contributed by atoms with Crippen molar-refractivity contribution in [2.75, 3.05) is 0 Å². The molecule has 7 heteroatoms. The van der Waals surface area contributed by atoms with E-state index in [4.69, 9.17) is 0 Å². The van der Waals surface area contributed by atoms with Crippen molar-refractivity contribution in [1.82, 2.24) is 14.7 Å². The van der Waals surface area contributed by atoms with E-state index in [-0.39, 0.29) is 11.5 Å². The van der Waals surface area contributed by atoms with Crippen LogP contribution in [0.25, 0.3) is 0 Å². The number of nitrogens with zero attached hydrogens (tertiary/aromatic N) is 4. The van der Waals surface area contributed by atoms with Crippen molar-refractivity contribution in [2.45, 2.75) is 0 Å². The molecule has 0 bridgehead atoms. The topological polar surface area (TPSA) is 74.9 Å². The molecule has 0 aromatic carbocycles. The van der Waals surface area contributed by atoms with Gasteiger partial charge in [0.2, 0.25) is 0 Å². The molecule has 0 saturated carbocycles. The summed E-state index contributed by atoms with van der Waals surface area (Å²) in [7, 11) is 0. The van der Waals surface area contributed by atoms with Gasteiger partial charge in [-0.25, -0.2) is 4.98 Å². The third-order valence-electron chi connectivity index (χ3n) is 2.86. The molecule has 0 saturated heterocycles. The van der Waals surface area contributed by atoms with Crippen molar-refractivity contribution in [3.63, 3.8) is 0 Å². The van der Waals surface area contributed by atoms with Crippen molar-refractivity contribution in [1.29, 1.82) is 0 Å². The summed E-state index contributed by atoms with van der Waals surface area (Å²) in [6.07, 6.45) is 4.29. The first-order valence-electron chi connectivity index (χ1n) is 5.79. The monoisotopic (exact) mass is 332 g/mol. The number of aromatic nitrogens is 2. The van der Waals surface area contributed by atoms with Crippen LogP contribution in [-0.2, 0) is 0 Å². The van der Waals surface area contributed by atoms with Crippen LogP contribution in [0.2, 0.25) is 0 Å². The molecule has 1 unspecified atom stereocenters. The fraction of sp³-hybridized carbons (Fsp3) is 0. The Morgan fingerprint density at radius 2 is 1.75 bits per heavy atom. The van der Waals surface area contributed by atoms with Gasteiger partial charge in [-0.3, -0.25) is 0 Å². The van der Waals surface area contributed by atoms with Gasteiger partial charge in [0.25, 0.3) is 5.82 Å². The fourth-order valence-electron chi connectivity index (χ4n) is 1.93. The molecule has 0 spiro atoms. The lowest BCUT2D eigenvalue weighted by Crippen LogP contribution is -2.44. The third kappa shape index (κ3) is 1.92. The Morgan fingerprint density at radius 3 is 2.35 bits per heavy atom. The summed E-state index contributed by atoms with van der Waals surface area (Å²) in [4.78, 5) is 8.41. The van der Waals surface area contributed by atoms with Gasteiger partial charge in [-0.2, -0.15) is 4.98 Å². The number of halogens is 1. The van der Waals surface area contributed by atoms with E-state index in [1.54, 1.807) is 36.5 Å². The molecule has 6 nitrogen and oxygen atoms in total. The van der Waals surface area contributed by atoms with Crippen molar-refractivity contribution in [3.8, 4) is 0 Å². The van der Waals surface area contributed by atoms with Crippen molar-refractivity contribution < 1.29 is 4.85 Å². The Labute approximate surface area is 123 Å². The Hall–Kier alpha value is -2.09. The minimum atomic E-state index is -1.33. The van der Waals surface area contributed by atoms with Crippen LogP contribution in [0.1, 0.15) is 5.69 Å². The van der Waals surface area contributed by atoms with Crippen LogP contribution in [0.15, 0.2) is 59.5 Å². The van der Waals surface area contributed by atoms with Crippen molar-refractivity contribution in [3.05, 3.63) is 75.6 Å². The Morgan fingerprint density at radius 1 is 1.05 bits per heavy atom. The van der Waals surface area contributed by atoms with Gasteiger partial charge in [0.1, 0.15) is 5.69 Å². The second-order valence-corrected chi connectivity index (χ2v) is 4.98. The molecular weight excluding hydrogens is 324 g/mol. The zero-order chi connectivity index (χ0) is 14.2. The van der Waals surface area contributed by atoms with E-state index in [2.05, 4.69) is 25.9 Å². The molecule has 0 N–H and O–H groups in total. The van der Waals surface area contributed by atoms with E-state index >= 15 is 0 Å². The minimum absolute atomic E-state index is 0.0883. The van der Waals surface area contributed by atoms with Gasteiger partial charge in [0.15, 0.2) is 10.7 Å². The summed E-state index contributed by atoms with van der Waals surface area (Å²) in [5.74, 6) is 0.0883. The SMILES string of the molecule is [O-][N+]1=C(c2ccccn2)C(Br)=C[N+]1([O-])c1ccccn1. The number of allylic oxidation sites excluding steroid dienone is 1. The van der Waals surface area contributed by atoms with E-state index in [1.807, 2.05) is 0 Å². The highest BCUT2D eigenvalue weighted by atomic mass is 79.9. The minimum Gasteiger partial charge on any atom is -0.569 e. The Kier molecular flexibility index (Phi) is 3.09. The first-order valence-corrected chi connectivity index (χ1v) is 6.58. The molecule has 0 radical (unpaired) electrons. The summed E-state index contributed by atoms with van der Waals surface area (Å²) in [5.41, 5.74) is 0.614. The average molecular weight is 333 g/mol. The van der Waals surface area contributed by atoms with E-state index in [9.17, 15) is 10.4 Å². The second kappa shape index (κ2) is 4.78. The first kappa shape index (κ1) is 12.9. The van der Waals surface area contributed by atoms with Gasteiger partial charge >= 0.3 is 5.71 Å². The maximum absolute atomic E-state index is 12.8.